The Labute approximate surface area is 175 Å². The van der Waals surface area contributed by atoms with Gasteiger partial charge in [0.2, 0.25) is 17.7 Å². The zero-order valence-corrected chi connectivity index (χ0v) is 17.6. The lowest BCUT2D eigenvalue weighted by molar-refractivity contribution is -0.245. The van der Waals surface area contributed by atoms with E-state index in [1.807, 2.05) is 0 Å². The average molecular weight is 430 g/mol. The van der Waals surface area contributed by atoms with E-state index in [0.717, 1.165) is 36.5 Å². The number of hydrogen-bond donors (Lipinski definition) is 0. The minimum absolute atomic E-state index is 0.0643. The molecule has 3 rings (SSSR count). The molecule has 1 aliphatic heterocycles. The maximum Gasteiger partial charge on any atom is 0.436 e. The fourth-order valence-corrected chi connectivity index (χ4v) is 4.44. The predicted molar refractivity (Wildman–Crippen MR) is 106 cm³/mol. The summed E-state index contributed by atoms with van der Waals surface area (Å²) in [5, 5.41) is 0. The number of allylic oxidation sites excluding steroid dienone is 1. The van der Waals surface area contributed by atoms with Crippen LogP contribution in [0.15, 0.2) is 24.0 Å². The fraction of sp³-hybridized carbons (Fsp3) is 0.652. The average Bonchev–Trinajstić information content (AvgIpc) is 2.74. The summed E-state index contributed by atoms with van der Waals surface area (Å²) in [4.78, 5) is 0. The van der Waals surface area contributed by atoms with Crippen LogP contribution in [0.4, 0.5) is 17.6 Å². The second-order valence-electron chi connectivity index (χ2n) is 8.15. The van der Waals surface area contributed by atoms with E-state index >= 15 is 0 Å². The molecule has 1 aliphatic carbocycles. The summed E-state index contributed by atoms with van der Waals surface area (Å²) in [6.07, 6.45) is 3.55. The SMILES string of the molecule is CCCC1CCC(C2=COC(C(F)(F)Oc3ccc(OCC)c(F)c3F)CC2)CC1. The van der Waals surface area contributed by atoms with Crippen molar-refractivity contribution in [3.05, 3.63) is 35.6 Å². The van der Waals surface area contributed by atoms with Crippen LogP contribution in [0.2, 0.25) is 0 Å². The number of hydrogen-bond acceptors (Lipinski definition) is 3. The molecule has 1 unspecified atom stereocenters. The van der Waals surface area contributed by atoms with E-state index in [1.54, 1.807) is 6.92 Å². The molecule has 1 atom stereocenters. The Morgan fingerprint density at radius 2 is 1.67 bits per heavy atom. The molecule has 0 N–H and O–H groups in total. The lowest BCUT2D eigenvalue weighted by Crippen LogP contribution is -2.42. The molecule has 1 heterocycles. The van der Waals surface area contributed by atoms with E-state index < -0.39 is 29.6 Å². The van der Waals surface area contributed by atoms with Crippen LogP contribution < -0.4 is 9.47 Å². The maximum absolute atomic E-state index is 14.6. The summed E-state index contributed by atoms with van der Waals surface area (Å²) >= 11 is 0. The topological polar surface area (TPSA) is 27.7 Å². The van der Waals surface area contributed by atoms with E-state index in [-0.39, 0.29) is 18.8 Å². The Morgan fingerprint density at radius 3 is 2.27 bits per heavy atom. The highest BCUT2D eigenvalue weighted by molar-refractivity contribution is 5.35. The van der Waals surface area contributed by atoms with Crippen molar-refractivity contribution in [2.45, 2.75) is 77.4 Å². The minimum atomic E-state index is -3.79. The van der Waals surface area contributed by atoms with Crippen molar-refractivity contribution >= 4 is 0 Å². The molecule has 0 radical (unpaired) electrons. The van der Waals surface area contributed by atoms with E-state index in [0.29, 0.717) is 12.3 Å². The van der Waals surface area contributed by atoms with Gasteiger partial charge in [-0.25, -0.2) is 0 Å². The van der Waals surface area contributed by atoms with Crippen molar-refractivity contribution in [2.24, 2.45) is 11.8 Å². The molecular weight excluding hydrogens is 400 g/mol. The molecule has 0 amide bonds. The summed E-state index contributed by atoms with van der Waals surface area (Å²) in [6, 6.07) is 2.01. The molecule has 7 heteroatoms. The van der Waals surface area contributed by atoms with Crippen molar-refractivity contribution in [3.8, 4) is 11.5 Å². The summed E-state index contributed by atoms with van der Waals surface area (Å²) < 4.78 is 71.9. The van der Waals surface area contributed by atoms with Crippen molar-refractivity contribution < 1.29 is 31.8 Å². The summed E-state index contributed by atoms with van der Waals surface area (Å²) in [5.41, 5.74) is 1.07. The molecule has 1 saturated carbocycles. The summed E-state index contributed by atoms with van der Waals surface area (Å²) in [7, 11) is 0. The third-order valence-electron chi connectivity index (χ3n) is 6.08. The van der Waals surface area contributed by atoms with E-state index in [4.69, 9.17) is 9.47 Å². The smallest absolute Gasteiger partial charge is 0.436 e. The molecule has 0 aromatic heterocycles. The van der Waals surface area contributed by atoms with Gasteiger partial charge in [0.05, 0.1) is 12.9 Å². The van der Waals surface area contributed by atoms with Gasteiger partial charge in [-0.05, 0) is 75.0 Å². The Kier molecular flexibility index (Phi) is 7.53. The monoisotopic (exact) mass is 430 g/mol. The number of benzene rings is 1. The predicted octanol–water partition coefficient (Wildman–Crippen LogP) is 7.00. The molecule has 1 aromatic rings. The van der Waals surface area contributed by atoms with Gasteiger partial charge in [-0.1, -0.05) is 19.8 Å². The van der Waals surface area contributed by atoms with Gasteiger partial charge in [-0.3, -0.25) is 0 Å². The van der Waals surface area contributed by atoms with Crippen molar-refractivity contribution in [1.82, 2.24) is 0 Å². The zero-order valence-electron chi connectivity index (χ0n) is 17.6. The second-order valence-corrected chi connectivity index (χ2v) is 8.15. The number of alkyl halides is 2. The first-order valence-corrected chi connectivity index (χ1v) is 10.9. The Morgan fingerprint density at radius 1 is 1.00 bits per heavy atom. The summed E-state index contributed by atoms with van der Waals surface area (Å²) in [6.45, 7) is 3.92. The van der Waals surface area contributed by atoms with Crippen LogP contribution in [0.1, 0.15) is 65.2 Å². The highest BCUT2D eigenvalue weighted by Gasteiger charge is 2.46. The number of halogens is 4. The van der Waals surface area contributed by atoms with Crippen LogP contribution in [-0.2, 0) is 4.74 Å². The number of rotatable bonds is 8. The first-order valence-electron chi connectivity index (χ1n) is 10.9. The van der Waals surface area contributed by atoms with Crippen LogP contribution in [0.3, 0.4) is 0 Å². The standard InChI is InChI=1S/C23H30F4O3/c1-3-5-15-6-8-16(9-7-15)17-10-13-20(29-14-17)23(26,27)30-19-12-11-18(28-4-2)21(24)22(19)25/h11-12,14-16,20H,3-10,13H2,1-2H3. The van der Waals surface area contributed by atoms with Gasteiger partial charge in [-0.15, -0.1) is 0 Å². The van der Waals surface area contributed by atoms with Gasteiger partial charge < -0.3 is 14.2 Å². The first-order chi connectivity index (χ1) is 14.4. The Balaban J connectivity index is 1.60. The Hall–Kier alpha value is -1.92. The van der Waals surface area contributed by atoms with Gasteiger partial charge in [-0.2, -0.15) is 17.6 Å². The largest absolute Gasteiger partial charge is 0.491 e. The molecule has 1 fully saturated rings. The van der Waals surface area contributed by atoms with Crippen LogP contribution in [0.25, 0.3) is 0 Å². The van der Waals surface area contributed by atoms with Gasteiger partial charge in [0.15, 0.2) is 11.5 Å². The molecule has 0 bridgehead atoms. The first kappa shape index (κ1) is 22.8. The van der Waals surface area contributed by atoms with Gasteiger partial charge in [0.1, 0.15) is 0 Å². The van der Waals surface area contributed by atoms with Gasteiger partial charge in [0.25, 0.3) is 0 Å². The maximum atomic E-state index is 14.6. The molecule has 168 valence electrons. The molecule has 0 spiro atoms. The quantitative estimate of drug-likeness (QED) is 0.416. The third kappa shape index (κ3) is 5.22. The zero-order chi connectivity index (χ0) is 21.7. The Bertz CT molecular complexity index is 742. The second kappa shape index (κ2) is 9.92. The summed E-state index contributed by atoms with van der Waals surface area (Å²) in [5.74, 6) is -2.92. The minimum Gasteiger partial charge on any atom is -0.491 e. The van der Waals surface area contributed by atoms with Crippen LogP contribution >= 0.6 is 0 Å². The van der Waals surface area contributed by atoms with E-state index in [2.05, 4.69) is 11.7 Å². The van der Waals surface area contributed by atoms with Gasteiger partial charge >= 0.3 is 6.11 Å². The van der Waals surface area contributed by atoms with Crippen molar-refractivity contribution in [1.29, 1.82) is 0 Å². The highest BCUT2D eigenvalue weighted by Crippen LogP contribution is 2.41. The van der Waals surface area contributed by atoms with Gasteiger partial charge in [0, 0.05) is 0 Å². The molecule has 1 aromatic carbocycles. The highest BCUT2D eigenvalue weighted by atomic mass is 19.3. The number of ether oxygens (including phenoxy) is 3. The lowest BCUT2D eigenvalue weighted by atomic mass is 9.76. The molecule has 3 nitrogen and oxygen atoms in total. The molecule has 30 heavy (non-hydrogen) atoms. The molecule has 0 saturated heterocycles. The molecule has 2 aliphatic rings. The lowest BCUT2D eigenvalue weighted by Gasteiger charge is -2.34. The van der Waals surface area contributed by atoms with Crippen molar-refractivity contribution in [2.75, 3.05) is 6.61 Å². The molecular formula is C23H30F4O3. The fourth-order valence-electron chi connectivity index (χ4n) is 4.44. The normalized spacial score (nSPS) is 24.7. The van der Waals surface area contributed by atoms with Crippen LogP contribution in [0, 0.1) is 23.5 Å². The van der Waals surface area contributed by atoms with Crippen LogP contribution in [0.5, 0.6) is 11.5 Å². The van der Waals surface area contributed by atoms with Crippen LogP contribution in [-0.4, -0.2) is 18.8 Å². The van der Waals surface area contributed by atoms with E-state index in [9.17, 15) is 17.6 Å². The third-order valence-corrected chi connectivity index (χ3v) is 6.08. The van der Waals surface area contributed by atoms with E-state index in [1.165, 1.54) is 31.9 Å². The van der Waals surface area contributed by atoms with Crippen molar-refractivity contribution in [3.63, 3.8) is 0 Å².